The lowest BCUT2D eigenvalue weighted by molar-refractivity contribution is -0.00583. The highest BCUT2D eigenvalue weighted by atomic mass is 16.5. The van der Waals surface area contributed by atoms with Crippen LogP contribution >= 0.6 is 0 Å². The molecule has 7 heteroatoms. The fraction of sp³-hybridized carbons (Fsp3) is 1.00. The zero-order chi connectivity index (χ0) is 16.7. The predicted molar refractivity (Wildman–Crippen MR) is 93.8 cm³/mol. The molecule has 0 aromatic carbocycles. The Morgan fingerprint density at radius 1 is 0.727 bits per heavy atom. The van der Waals surface area contributed by atoms with Crippen molar-refractivity contribution in [3.63, 3.8) is 0 Å². The van der Waals surface area contributed by atoms with Crippen LogP contribution in [0.15, 0.2) is 0 Å². The monoisotopic (exact) mass is 324 g/mol. The molecule has 8 N–H and O–H groups in total. The second-order valence-electron chi connectivity index (χ2n) is 5.48. The Morgan fingerprint density at radius 2 is 1.09 bits per heavy atom. The minimum Gasteiger partial charge on any atom is -0.378 e. The summed E-state index contributed by atoms with van der Waals surface area (Å²) in [5, 5.41) is 0. The van der Waals surface area contributed by atoms with Gasteiger partial charge in [0.25, 0.3) is 0 Å². The van der Waals surface area contributed by atoms with Crippen molar-refractivity contribution >= 4 is 0 Å². The molecule has 0 aliphatic heterocycles. The lowest BCUT2D eigenvalue weighted by Crippen LogP contribution is -2.27. The van der Waals surface area contributed by atoms with Crippen LogP contribution in [-0.2, 0) is 14.2 Å². The molecule has 138 valence electrons. The molecule has 0 aromatic heterocycles. The van der Waals surface area contributed by atoms with Gasteiger partial charge in [-0.25, -0.2) is 0 Å². The maximum Gasteiger partial charge on any atom is 0.0781 e. The Labute approximate surface area is 137 Å². The van der Waals surface area contributed by atoms with Crippen molar-refractivity contribution < 1.29 is 14.2 Å². The highest BCUT2D eigenvalue weighted by Gasteiger charge is 2.02. The lowest BCUT2D eigenvalue weighted by Gasteiger charge is -2.13. The van der Waals surface area contributed by atoms with E-state index in [0.717, 1.165) is 0 Å². The molecule has 0 radical (unpaired) electrons. The minimum atomic E-state index is 0. The zero-order valence-electron chi connectivity index (χ0n) is 14.1. The van der Waals surface area contributed by atoms with Crippen molar-refractivity contribution in [1.82, 2.24) is 0 Å². The maximum absolute atomic E-state index is 5.49. The van der Waals surface area contributed by atoms with Crippen LogP contribution in [0.1, 0.15) is 35.1 Å². The van der Waals surface area contributed by atoms with E-state index in [4.69, 9.17) is 37.1 Å². The van der Waals surface area contributed by atoms with E-state index in [1.807, 2.05) is 27.7 Å². The van der Waals surface area contributed by atoms with Gasteiger partial charge in [0.2, 0.25) is 0 Å². The predicted octanol–water partition coefficient (Wildman–Crippen LogP) is 0.0475. The molecule has 0 spiro atoms. The van der Waals surface area contributed by atoms with Crippen molar-refractivity contribution in [2.75, 3.05) is 39.6 Å². The Bertz CT molecular complexity index is 197. The van der Waals surface area contributed by atoms with Gasteiger partial charge in [-0.15, -0.1) is 0 Å². The Balaban J connectivity index is -0.000000326. The lowest BCUT2D eigenvalue weighted by atomic mass is 10.4. The molecule has 0 aromatic rings. The number of ether oxygens (including phenoxy) is 3. The topological polar surface area (TPSA) is 132 Å². The van der Waals surface area contributed by atoms with E-state index < -0.39 is 0 Å². The van der Waals surface area contributed by atoms with Crippen molar-refractivity contribution in [2.45, 2.75) is 59.4 Å². The smallest absolute Gasteiger partial charge is 0.0781 e. The van der Waals surface area contributed by atoms with Gasteiger partial charge < -0.3 is 37.1 Å². The zero-order valence-corrected chi connectivity index (χ0v) is 14.1. The van der Waals surface area contributed by atoms with Crippen molar-refractivity contribution in [2.24, 2.45) is 22.9 Å². The van der Waals surface area contributed by atoms with E-state index in [1.165, 1.54) is 0 Å². The first kappa shape index (κ1) is 26.6. The molecule has 4 atom stereocenters. The molecule has 0 saturated heterocycles. The molecule has 0 bridgehead atoms. The number of hydrogen-bond acceptors (Lipinski definition) is 7. The van der Waals surface area contributed by atoms with Crippen LogP contribution < -0.4 is 22.9 Å². The van der Waals surface area contributed by atoms with Crippen LogP contribution in [0, 0.1) is 0 Å². The van der Waals surface area contributed by atoms with E-state index >= 15 is 0 Å². The largest absolute Gasteiger partial charge is 0.378 e. The third-order valence-corrected chi connectivity index (χ3v) is 2.02. The van der Waals surface area contributed by atoms with E-state index in [1.54, 1.807) is 0 Å². The molecule has 0 heterocycles. The Morgan fingerprint density at radius 3 is 1.41 bits per heavy atom. The highest BCUT2D eigenvalue weighted by Crippen LogP contribution is 1.91. The van der Waals surface area contributed by atoms with Crippen molar-refractivity contribution in [3.8, 4) is 0 Å². The third kappa shape index (κ3) is 28.0. The van der Waals surface area contributed by atoms with Gasteiger partial charge in [0.1, 0.15) is 0 Å². The van der Waals surface area contributed by atoms with Gasteiger partial charge in [-0.2, -0.15) is 0 Å². The maximum atomic E-state index is 5.49. The molecule has 0 fully saturated rings. The van der Waals surface area contributed by atoms with E-state index in [-0.39, 0.29) is 31.7 Å². The average molecular weight is 325 g/mol. The molecule has 22 heavy (non-hydrogen) atoms. The summed E-state index contributed by atoms with van der Waals surface area (Å²) < 4.78 is 15.7. The summed E-state index contributed by atoms with van der Waals surface area (Å²) >= 11 is 0. The molecule has 0 aliphatic carbocycles. The van der Waals surface area contributed by atoms with Gasteiger partial charge in [0.15, 0.2) is 0 Å². The van der Waals surface area contributed by atoms with Crippen LogP contribution in [0.2, 0.25) is 0 Å². The minimum absolute atomic E-state index is 0. The summed E-state index contributed by atoms with van der Waals surface area (Å²) in [5.74, 6) is 0. The van der Waals surface area contributed by atoms with Gasteiger partial charge >= 0.3 is 0 Å². The second kappa shape index (κ2) is 18.8. The summed E-state index contributed by atoms with van der Waals surface area (Å²) in [5.41, 5.74) is 21.6. The van der Waals surface area contributed by atoms with Crippen LogP contribution in [-0.4, -0.2) is 63.8 Å². The molecular formula is C15H40N4O3. The van der Waals surface area contributed by atoms with Crippen LogP contribution in [0.3, 0.4) is 0 Å². The van der Waals surface area contributed by atoms with E-state index in [2.05, 4.69) is 0 Å². The standard InChI is InChI=1S/C8H20N2O2.C6H16N2O.CH4/c1-7(10)5-11-6-8(2)12-4-3-9;1-5(7)3-9-4-6(2)8;/h7-8H,3-6,9-10H2,1-2H3;5-6H,3-4,7-8H2,1-2H3;1H4. The first-order valence-electron chi connectivity index (χ1n) is 7.53. The summed E-state index contributed by atoms with van der Waals surface area (Å²) in [6.45, 7) is 11.2. The van der Waals surface area contributed by atoms with Gasteiger partial charge in [0.05, 0.1) is 39.1 Å². The van der Waals surface area contributed by atoms with Crippen LogP contribution in [0.25, 0.3) is 0 Å². The molecular weight excluding hydrogens is 284 g/mol. The number of nitrogens with two attached hydrogens (primary N) is 4. The van der Waals surface area contributed by atoms with Crippen LogP contribution in [0.5, 0.6) is 0 Å². The average Bonchev–Trinajstić information content (AvgIpc) is 2.35. The van der Waals surface area contributed by atoms with Crippen LogP contribution in [0.4, 0.5) is 0 Å². The SMILES string of the molecule is C.CC(N)COCC(C)N.CC(N)COCC(C)OCCN. The van der Waals surface area contributed by atoms with E-state index in [0.29, 0.717) is 39.6 Å². The summed E-state index contributed by atoms with van der Waals surface area (Å²) in [6.07, 6.45) is 0.104. The Kier molecular flexibility index (Phi) is 22.7. The second-order valence-corrected chi connectivity index (χ2v) is 5.48. The van der Waals surface area contributed by atoms with Crippen molar-refractivity contribution in [1.29, 1.82) is 0 Å². The fourth-order valence-electron chi connectivity index (χ4n) is 1.18. The normalized spacial score (nSPS) is 15.8. The van der Waals surface area contributed by atoms with Crippen molar-refractivity contribution in [3.05, 3.63) is 0 Å². The highest BCUT2D eigenvalue weighted by molar-refractivity contribution is 4.53. The molecule has 0 amide bonds. The molecule has 0 rings (SSSR count). The quantitative estimate of drug-likeness (QED) is 0.422. The summed E-state index contributed by atoms with van der Waals surface area (Å²) in [4.78, 5) is 0. The van der Waals surface area contributed by atoms with Gasteiger partial charge in [0, 0.05) is 24.7 Å². The summed E-state index contributed by atoms with van der Waals surface area (Å²) in [7, 11) is 0. The number of rotatable bonds is 11. The molecule has 7 nitrogen and oxygen atoms in total. The van der Waals surface area contributed by atoms with Gasteiger partial charge in [-0.05, 0) is 27.7 Å². The van der Waals surface area contributed by atoms with E-state index in [9.17, 15) is 0 Å². The van der Waals surface area contributed by atoms with Gasteiger partial charge in [-0.1, -0.05) is 7.43 Å². The Hall–Kier alpha value is -0.280. The molecule has 0 aliphatic rings. The first-order valence-corrected chi connectivity index (χ1v) is 7.53. The molecule has 4 unspecified atom stereocenters. The third-order valence-electron chi connectivity index (χ3n) is 2.02. The number of hydrogen-bond donors (Lipinski definition) is 4. The van der Waals surface area contributed by atoms with Gasteiger partial charge in [-0.3, -0.25) is 0 Å². The fourth-order valence-corrected chi connectivity index (χ4v) is 1.18. The first-order chi connectivity index (χ1) is 9.79. The molecule has 0 saturated carbocycles. The summed E-state index contributed by atoms with van der Waals surface area (Å²) in [6, 6.07) is 0.319.